The molecule has 0 fully saturated rings. The van der Waals surface area contributed by atoms with Gasteiger partial charge in [-0.25, -0.2) is 12.8 Å². The predicted molar refractivity (Wildman–Crippen MR) is 105 cm³/mol. The number of nitrogens with zero attached hydrogens (tertiary/aromatic N) is 1. The Morgan fingerprint density at radius 2 is 1.86 bits per heavy atom. The van der Waals surface area contributed by atoms with Crippen LogP contribution in [0.15, 0.2) is 41.3 Å². The number of hydrogen-bond acceptors (Lipinski definition) is 5. The Labute approximate surface area is 163 Å². The van der Waals surface area contributed by atoms with Crippen LogP contribution in [0.1, 0.15) is 25.8 Å². The minimum absolute atomic E-state index is 0.0315. The molecule has 1 aromatic carbocycles. The molecular formula is C20H24FNO5S. The van der Waals surface area contributed by atoms with Crippen molar-refractivity contribution in [1.82, 2.24) is 4.57 Å². The van der Waals surface area contributed by atoms with Crippen molar-refractivity contribution in [1.29, 1.82) is 0 Å². The summed E-state index contributed by atoms with van der Waals surface area (Å²) in [6, 6.07) is 8.24. The van der Waals surface area contributed by atoms with Gasteiger partial charge >= 0.3 is 5.97 Å². The van der Waals surface area contributed by atoms with Crippen molar-refractivity contribution in [2.24, 2.45) is 0 Å². The second-order valence-corrected chi connectivity index (χ2v) is 9.35. The Kier molecular flexibility index (Phi) is 6.44. The van der Waals surface area contributed by atoms with E-state index >= 15 is 0 Å². The Bertz CT molecular complexity index is 1030. The first-order valence-electron chi connectivity index (χ1n) is 8.83. The fourth-order valence-corrected chi connectivity index (χ4v) is 3.55. The number of sulfone groups is 1. The van der Waals surface area contributed by atoms with E-state index in [9.17, 15) is 22.4 Å². The highest BCUT2D eigenvalue weighted by Gasteiger charge is 2.44. The molecule has 1 heterocycles. The standard InChI is InChI=1S/C20H24FNO5S/c1-5-27-19(24)20(3,28(4,25)26)10-11-22-13-17(21)16(12-18(22)23)15-8-6-14(2)7-9-15/h6-9,12-13H,5,10-11H2,1-4H3/t20-/m1/s1. The molecule has 2 aromatic rings. The molecule has 0 N–H and O–H groups in total. The topological polar surface area (TPSA) is 82.4 Å². The first kappa shape index (κ1) is 21.8. The van der Waals surface area contributed by atoms with Gasteiger partial charge in [0.15, 0.2) is 14.6 Å². The van der Waals surface area contributed by atoms with E-state index in [0.717, 1.165) is 22.6 Å². The van der Waals surface area contributed by atoms with Crippen molar-refractivity contribution in [3.8, 4) is 11.1 Å². The third kappa shape index (κ3) is 4.49. The van der Waals surface area contributed by atoms with Crippen molar-refractivity contribution < 1.29 is 22.3 Å². The van der Waals surface area contributed by atoms with Crippen molar-refractivity contribution >= 4 is 15.8 Å². The van der Waals surface area contributed by atoms with Gasteiger partial charge in [-0.1, -0.05) is 29.8 Å². The number of esters is 1. The van der Waals surface area contributed by atoms with Crippen molar-refractivity contribution in [2.45, 2.75) is 38.5 Å². The van der Waals surface area contributed by atoms with E-state index in [1.807, 2.05) is 19.1 Å². The summed E-state index contributed by atoms with van der Waals surface area (Å²) in [5.74, 6) is -1.50. The molecule has 0 aliphatic rings. The maximum atomic E-state index is 14.6. The van der Waals surface area contributed by atoms with Crippen molar-refractivity contribution in [2.75, 3.05) is 12.9 Å². The second kappa shape index (κ2) is 8.26. The molecule has 8 heteroatoms. The number of aryl methyl sites for hydroxylation is 2. The van der Waals surface area contributed by atoms with Gasteiger partial charge in [0.05, 0.1) is 6.61 Å². The van der Waals surface area contributed by atoms with Gasteiger partial charge < -0.3 is 9.30 Å². The zero-order valence-corrected chi connectivity index (χ0v) is 17.2. The van der Waals surface area contributed by atoms with Crippen LogP contribution < -0.4 is 5.56 Å². The fraction of sp³-hybridized carbons (Fsp3) is 0.400. The summed E-state index contributed by atoms with van der Waals surface area (Å²) in [6.45, 7) is 4.61. The van der Waals surface area contributed by atoms with E-state index in [0.29, 0.717) is 5.56 Å². The molecule has 28 heavy (non-hydrogen) atoms. The van der Waals surface area contributed by atoms with Gasteiger partial charge in [-0.15, -0.1) is 0 Å². The van der Waals surface area contributed by atoms with Crippen LogP contribution in [0.4, 0.5) is 4.39 Å². The van der Waals surface area contributed by atoms with Crippen LogP contribution in [0, 0.1) is 12.7 Å². The second-order valence-electron chi connectivity index (χ2n) is 6.91. The molecule has 6 nitrogen and oxygen atoms in total. The maximum absolute atomic E-state index is 14.6. The molecule has 2 rings (SSSR count). The first-order chi connectivity index (χ1) is 13.0. The van der Waals surface area contributed by atoms with E-state index in [2.05, 4.69) is 0 Å². The van der Waals surface area contributed by atoms with Gasteiger partial charge in [-0.2, -0.15) is 0 Å². The lowest BCUT2D eigenvalue weighted by atomic mass is 10.0. The normalized spacial score (nSPS) is 13.8. The molecule has 0 saturated carbocycles. The highest BCUT2D eigenvalue weighted by atomic mass is 32.2. The van der Waals surface area contributed by atoms with Gasteiger partial charge in [0.25, 0.3) is 5.56 Å². The number of halogens is 1. The molecule has 0 aliphatic heterocycles. The summed E-state index contributed by atoms with van der Waals surface area (Å²) in [7, 11) is -3.82. The number of carbonyl (C=O) groups is 1. The van der Waals surface area contributed by atoms with Crippen LogP contribution in [0.25, 0.3) is 11.1 Å². The minimum atomic E-state index is -3.82. The highest BCUT2D eigenvalue weighted by Crippen LogP contribution is 2.25. The Morgan fingerprint density at radius 3 is 2.39 bits per heavy atom. The van der Waals surface area contributed by atoms with Gasteiger partial charge in [0, 0.05) is 30.6 Å². The number of rotatable bonds is 7. The molecule has 0 aliphatic carbocycles. The smallest absolute Gasteiger partial charge is 0.327 e. The number of aromatic nitrogens is 1. The molecule has 1 atom stereocenters. The lowest BCUT2D eigenvalue weighted by Crippen LogP contribution is -2.45. The van der Waals surface area contributed by atoms with Crippen LogP contribution in [0.2, 0.25) is 0 Å². The van der Waals surface area contributed by atoms with Crippen molar-refractivity contribution in [3.05, 3.63) is 58.3 Å². The average Bonchev–Trinajstić information content (AvgIpc) is 2.61. The average molecular weight is 409 g/mol. The zero-order chi connectivity index (χ0) is 21.1. The van der Waals surface area contributed by atoms with Crippen LogP contribution in [0.3, 0.4) is 0 Å². The van der Waals surface area contributed by atoms with E-state index in [1.165, 1.54) is 13.0 Å². The Balaban J connectivity index is 2.34. The predicted octanol–water partition coefficient (Wildman–Crippen LogP) is 2.72. The summed E-state index contributed by atoms with van der Waals surface area (Å²) in [6.07, 6.45) is 1.76. The molecule has 0 unspecified atom stereocenters. The summed E-state index contributed by atoms with van der Waals surface area (Å²) in [4.78, 5) is 24.6. The zero-order valence-electron chi connectivity index (χ0n) is 16.4. The van der Waals surface area contributed by atoms with E-state index in [1.54, 1.807) is 19.1 Å². The third-order valence-electron chi connectivity index (χ3n) is 4.80. The molecule has 0 spiro atoms. The lowest BCUT2D eigenvalue weighted by molar-refractivity contribution is -0.146. The monoisotopic (exact) mass is 409 g/mol. The number of pyridine rings is 1. The van der Waals surface area contributed by atoms with E-state index in [4.69, 9.17) is 4.74 Å². The first-order valence-corrected chi connectivity index (χ1v) is 10.7. The van der Waals surface area contributed by atoms with E-state index in [-0.39, 0.29) is 25.1 Å². The maximum Gasteiger partial charge on any atom is 0.327 e. The van der Waals surface area contributed by atoms with Crippen molar-refractivity contribution in [3.63, 3.8) is 0 Å². The number of carbonyl (C=O) groups excluding carboxylic acids is 1. The summed E-state index contributed by atoms with van der Waals surface area (Å²) >= 11 is 0. The molecule has 0 radical (unpaired) electrons. The van der Waals surface area contributed by atoms with Gasteiger partial charge in [0.2, 0.25) is 0 Å². The van der Waals surface area contributed by atoms with Gasteiger partial charge in [-0.05, 0) is 32.8 Å². The summed E-state index contributed by atoms with van der Waals surface area (Å²) in [5.41, 5.74) is 1.26. The molecule has 0 bridgehead atoms. The van der Waals surface area contributed by atoms with Crippen LogP contribution in [-0.4, -0.2) is 36.6 Å². The third-order valence-corrected chi connectivity index (χ3v) is 6.80. The highest BCUT2D eigenvalue weighted by molar-refractivity contribution is 7.92. The summed E-state index contributed by atoms with van der Waals surface area (Å²) < 4.78 is 43.0. The SMILES string of the molecule is CCOC(=O)[C@@](C)(CCn1cc(F)c(-c2ccc(C)cc2)cc1=O)S(C)(=O)=O. The number of benzene rings is 1. The quantitative estimate of drug-likeness (QED) is 0.657. The lowest BCUT2D eigenvalue weighted by Gasteiger charge is -2.25. The summed E-state index contributed by atoms with van der Waals surface area (Å²) in [5, 5.41) is 0. The minimum Gasteiger partial charge on any atom is -0.465 e. The fourth-order valence-electron chi connectivity index (χ4n) is 2.73. The number of hydrogen-bond donors (Lipinski definition) is 0. The van der Waals surface area contributed by atoms with Crippen LogP contribution >= 0.6 is 0 Å². The molecule has 1 aromatic heterocycles. The van der Waals surface area contributed by atoms with Gasteiger partial charge in [-0.3, -0.25) is 9.59 Å². The van der Waals surface area contributed by atoms with Crippen LogP contribution in [0.5, 0.6) is 0 Å². The Morgan fingerprint density at radius 1 is 1.25 bits per heavy atom. The van der Waals surface area contributed by atoms with Crippen LogP contribution in [-0.2, 0) is 25.9 Å². The molecule has 152 valence electrons. The number of ether oxygens (including phenoxy) is 1. The molecule has 0 amide bonds. The molecule has 0 saturated heterocycles. The van der Waals surface area contributed by atoms with Gasteiger partial charge in [0.1, 0.15) is 5.82 Å². The largest absolute Gasteiger partial charge is 0.465 e. The molecular weight excluding hydrogens is 385 g/mol. The van der Waals surface area contributed by atoms with E-state index < -0.39 is 31.9 Å². The Hall–Kier alpha value is -2.48.